The third-order valence-corrected chi connectivity index (χ3v) is 2.87. The van der Waals surface area contributed by atoms with Crippen LogP contribution in [0.2, 0.25) is 0 Å². The van der Waals surface area contributed by atoms with Crippen molar-refractivity contribution in [2.75, 3.05) is 7.05 Å². The van der Waals surface area contributed by atoms with Gasteiger partial charge in [0.1, 0.15) is 11.8 Å². The van der Waals surface area contributed by atoms with Crippen molar-refractivity contribution < 1.29 is 24.4 Å². The van der Waals surface area contributed by atoms with E-state index in [1.165, 1.54) is 12.4 Å². The molecule has 0 saturated heterocycles. The fourth-order valence-corrected chi connectivity index (χ4v) is 1.66. The van der Waals surface area contributed by atoms with Gasteiger partial charge in [-0.15, -0.1) is 0 Å². The maximum Gasteiger partial charge on any atom is 0.265 e. The van der Waals surface area contributed by atoms with Crippen molar-refractivity contribution in [3.63, 3.8) is 0 Å². The number of Topliss-reactive ketones (excluding diaryl/α,β-unsaturated/α-hetero) is 1. The Balaban J connectivity index is 4.64. The lowest BCUT2D eigenvalue weighted by Crippen LogP contribution is -2.52. The average Bonchev–Trinajstić information content (AvgIpc) is 2.42. The third-order valence-electron chi connectivity index (χ3n) is 2.87. The fraction of sp³-hybridized carbons (Fsp3) is 0.667. The van der Waals surface area contributed by atoms with Crippen LogP contribution >= 0.6 is 0 Å². The predicted molar refractivity (Wildman–Crippen MR) is 73.1 cm³/mol. The highest BCUT2D eigenvalue weighted by Gasteiger charge is 2.25. The third kappa shape index (κ3) is 8.00. The SMILES string of the molecule is CNC(CCC(C)=O)C(=O)NC(CCC(N)=O)C(=O)NO. The van der Waals surface area contributed by atoms with Crippen LogP contribution in [0.3, 0.4) is 0 Å². The van der Waals surface area contributed by atoms with Gasteiger partial charge in [-0.3, -0.25) is 19.6 Å². The van der Waals surface area contributed by atoms with Crippen LogP contribution in [0.25, 0.3) is 0 Å². The van der Waals surface area contributed by atoms with E-state index in [0.717, 1.165) is 0 Å². The Morgan fingerprint density at radius 1 is 1.05 bits per heavy atom. The van der Waals surface area contributed by atoms with Gasteiger partial charge in [0.2, 0.25) is 11.8 Å². The Morgan fingerprint density at radius 3 is 2.05 bits per heavy atom. The molecule has 0 aliphatic rings. The standard InChI is InChI=1S/C12H22N4O5/c1-7(17)3-4-8(14-2)11(19)15-9(12(20)16-21)5-6-10(13)18/h8-9,14,21H,3-6H2,1-2H3,(H2,13,18)(H,15,19)(H,16,20). The number of nitrogens with two attached hydrogens (primary N) is 1. The number of rotatable bonds is 10. The highest BCUT2D eigenvalue weighted by atomic mass is 16.5. The molecule has 21 heavy (non-hydrogen) atoms. The van der Waals surface area contributed by atoms with Gasteiger partial charge in [-0.05, 0) is 26.8 Å². The van der Waals surface area contributed by atoms with Gasteiger partial charge >= 0.3 is 0 Å². The molecule has 0 bridgehead atoms. The topological polar surface area (TPSA) is 151 Å². The number of carbonyl (C=O) groups excluding carboxylic acids is 4. The van der Waals surface area contributed by atoms with Gasteiger partial charge < -0.3 is 21.2 Å². The number of nitrogens with one attached hydrogen (secondary N) is 3. The minimum absolute atomic E-state index is 0.0311. The van der Waals surface area contributed by atoms with Gasteiger partial charge in [0.15, 0.2) is 0 Å². The summed E-state index contributed by atoms with van der Waals surface area (Å²) in [6, 6.07) is -1.74. The molecular weight excluding hydrogens is 280 g/mol. The van der Waals surface area contributed by atoms with Gasteiger partial charge in [0.05, 0.1) is 6.04 Å². The summed E-state index contributed by atoms with van der Waals surface area (Å²) in [6.45, 7) is 1.42. The van der Waals surface area contributed by atoms with Crippen LogP contribution in [0.5, 0.6) is 0 Å². The second kappa shape index (κ2) is 9.83. The molecule has 6 N–H and O–H groups in total. The number of hydrogen-bond acceptors (Lipinski definition) is 6. The van der Waals surface area contributed by atoms with Gasteiger partial charge in [-0.2, -0.15) is 0 Å². The minimum atomic E-state index is -1.08. The van der Waals surface area contributed by atoms with Crippen LogP contribution in [0.15, 0.2) is 0 Å². The molecule has 120 valence electrons. The minimum Gasteiger partial charge on any atom is -0.370 e. The van der Waals surface area contributed by atoms with Crippen LogP contribution < -0.4 is 21.8 Å². The Kier molecular flexibility index (Phi) is 8.90. The molecule has 0 spiro atoms. The normalized spacial score (nSPS) is 13.1. The number of primary amides is 1. The first kappa shape index (κ1) is 19.0. The number of hydroxylamine groups is 1. The van der Waals surface area contributed by atoms with Crippen molar-refractivity contribution in [2.45, 2.75) is 44.7 Å². The van der Waals surface area contributed by atoms with Crippen molar-refractivity contribution in [1.29, 1.82) is 0 Å². The zero-order valence-electron chi connectivity index (χ0n) is 12.1. The van der Waals surface area contributed by atoms with Crippen LogP contribution in [-0.2, 0) is 19.2 Å². The molecule has 2 unspecified atom stereocenters. The molecule has 0 aliphatic carbocycles. The number of likely N-dealkylation sites (N-methyl/N-ethyl adjacent to an activating group) is 1. The summed E-state index contributed by atoms with van der Waals surface area (Å²) in [5.41, 5.74) is 6.41. The first-order chi connectivity index (χ1) is 9.81. The van der Waals surface area contributed by atoms with Crippen molar-refractivity contribution in [2.24, 2.45) is 5.73 Å². The molecule has 9 heteroatoms. The Hall–Kier alpha value is -2.00. The molecule has 0 saturated carbocycles. The summed E-state index contributed by atoms with van der Waals surface area (Å²) in [5.74, 6) is -2.02. The first-order valence-corrected chi connectivity index (χ1v) is 6.51. The lowest BCUT2D eigenvalue weighted by Gasteiger charge is -2.20. The molecule has 0 rings (SSSR count). The van der Waals surface area contributed by atoms with E-state index in [1.807, 2.05) is 0 Å². The summed E-state index contributed by atoms with van der Waals surface area (Å²) in [4.78, 5) is 45.1. The average molecular weight is 302 g/mol. The second-order valence-corrected chi connectivity index (χ2v) is 4.62. The monoisotopic (exact) mass is 302 g/mol. The van der Waals surface area contributed by atoms with E-state index in [4.69, 9.17) is 10.9 Å². The molecular formula is C12H22N4O5. The Bertz CT molecular complexity index is 399. The molecule has 0 fully saturated rings. The summed E-state index contributed by atoms with van der Waals surface area (Å²) in [6.07, 6.45) is 0.352. The van der Waals surface area contributed by atoms with Crippen LogP contribution in [0.1, 0.15) is 32.6 Å². The van der Waals surface area contributed by atoms with Crippen LogP contribution in [-0.4, -0.2) is 47.8 Å². The summed E-state index contributed by atoms with van der Waals surface area (Å²) in [7, 11) is 1.55. The molecule has 0 aromatic heterocycles. The van der Waals surface area contributed by atoms with E-state index in [2.05, 4.69) is 10.6 Å². The van der Waals surface area contributed by atoms with Gasteiger partial charge in [0.25, 0.3) is 5.91 Å². The quantitative estimate of drug-likeness (QED) is 0.237. The second-order valence-electron chi connectivity index (χ2n) is 4.62. The molecule has 9 nitrogen and oxygen atoms in total. The van der Waals surface area contributed by atoms with Crippen molar-refractivity contribution in [1.82, 2.24) is 16.1 Å². The van der Waals surface area contributed by atoms with E-state index >= 15 is 0 Å². The number of hydrogen-bond donors (Lipinski definition) is 5. The number of carbonyl (C=O) groups is 4. The van der Waals surface area contributed by atoms with Crippen molar-refractivity contribution in [3.05, 3.63) is 0 Å². The largest absolute Gasteiger partial charge is 0.370 e. The summed E-state index contributed by atoms with van der Waals surface area (Å²) < 4.78 is 0. The number of ketones is 1. The van der Waals surface area contributed by atoms with Gasteiger partial charge in [-0.25, -0.2) is 5.48 Å². The Labute approximate surface area is 122 Å². The lowest BCUT2D eigenvalue weighted by atomic mass is 10.1. The molecule has 3 amide bonds. The zero-order valence-corrected chi connectivity index (χ0v) is 12.1. The first-order valence-electron chi connectivity index (χ1n) is 6.51. The van der Waals surface area contributed by atoms with Crippen LogP contribution in [0.4, 0.5) is 0 Å². The molecule has 0 aliphatic heterocycles. The van der Waals surface area contributed by atoms with E-state index in [1.54, 1.807) is 7.05 Å². The smallest absolute Gasteiger partial charge is 0.265 e. The molecule has 0 aromatic rings. The van der Waals surface area contributed by atoms with Gasteiger partial charge in [0, 0.05) is 12.8 Å². The maximum absolute atomic E-state index is 12.0. The van der Waals surface area contributed by atoms with E-state index in [9.17, 15) is 19.2 Å². The highest BCUT2D eigenvalue weighted by molar-refractivity contribution is 5.90. The summed E-state index contributed by atoms with van der Waals surface area (Å²) in [5, 5.41) is 13.8. The Morgan fingerprint density at radius 2 is 1.62 bits per heavy atom. The van der Waals surface area contributed by atoms with Gasteiger partial charge in [-0.1, -0.05) is 0 Å². The van der Waals surface area contributed by atoms with E-state index in [0.29, 0.717) is 0 Å². The lowest BCUT2D eigenvalue weighted by molar-refractivity contribution is -0.135. The molecule has 2 atom stereocenters. The van der Waals surface area contributed by atoms with Crippen molar-refractivity contribution in [3.8, 4) is 0 Å². The van der Waals surface area contributed by atoms with E-state index < -0.39 is 29.8 Å². The highest BCUT2D eigenvalue weighted by Crippen LogP contribution is 2.02. The zero-order chi connectivity index (χ0) is 16.4. The summed E-state index contributed by atoms with van der Waals surface area (Å²) >= 11 is 0. The van der Waals surface area contributed by atoms with Crippen LogP contribution in [0, 0.1) is 0 Å². The van der Waals surface area contributed by atoms with E-state index in [-0.39, 0.29) is 31.5 Å². The predicted octanol–water partition coefficient (Wildman–Crippen LogP) is -1.80. The number of amides is 3. The molecule has 0 aromatic carbocycles. The maximum atomic E-state index is 12.0. The van der Waals surface area contributed by atoms with Crippen molar-refractivity contribution >= 4 is 23.5 Å². The fourth-order valence-electron chi connectivity index (χ4n) is 1.66. The molecule has 0 heterocycles. The molecule has 0 radical (unpaired) electrons.